The van der Waals surface area contributed by atoms with Crippen LogP contribution in [0.5, 0.6) is 0 Å². The summed E-state index contributed by atoms with van der Waals surface area (Å²) in [6.07, 6.45) is 6.00. The molecule has 5 nitrogen and oxygen atoms in total. The summed E-state index contributed by atoms with van der Waals surface area (Å²) in [5.74, 6) is -0.222. The number of aryl methyl sites for hydroxylation is 1. The molecule has 0 radical (unpaired) electrons. The Bertz CT molecular complexity index is 1130. The van der Waals surface area contributed by atoms with Crippen molar-refractivity contribution < 1.29 is 4.79 Å². The van der Waals surface area contributed by atoms with Crippen molar-refractivity contribution in [2.24, 2.45) is 0 Å². The summed E-state index contributed by atoms with van der Waals surface area (Å²) < 4.78 is 0. The number of nitrogen functional groups attached to an aromatic ring is 1. The van der Waals surface area contributed by atoms with Crippen molar-refractivity contribution in [3.63, 3.8) is 0 Å². The number of nitrogens with two attached hydrogens (primary N) is 1. The maximum atomic E-state index is 12.8. The van der Waals surface area contributed by atoms with Crippen LogP contribution in [0.25, 0.3) is 20.7 Å². The van der Waals surface area contributed by atoms with Crippen LogP contribution in [-0.2, 0) is 12.8 Å². The lowest BCUT2D eigenvalue weighted by atomic mass is 9.90. The van der Waals surface area contributed by atoms with Crippen molar-refractivity contribution in [2.75, 3.05) is 11.1 Å². The summed E-state index contributed by atoms with van der Waals surface area (Å²) in [4.78, 5) is 24.3. The molecule has 0 aliphatic heterocycles. The van der Waals surface area contributed by atoms with E-state index in [4.69, 9.17) is 10.7 Å². The minimum Gasteiger partial charge on any atom is -0.397 e. The number of rotatable bonds is 3. The van der Waals surface area contributed by atoms with Crippen molar-refractivity contribution in [3.8, 4) is 10.4 Å². The van der Waals surface area contributed by atoms with Gasteiger partial charge in [0, 0.05) is 33.1 Å². The van der Waals surface area contributed by atoms with Crippen LogP contribution in [-0.4, -0.2) is 15.9 Å². The van der Waals surface area contributed by atoms with E-state index in [1.165, 1.54) is 45.1 Å². The molecule has 27 heavy (non-hydrogen) atoms. The molecule has 136 valence electrons. The molecule has 0 aromatic carbocycles. The van der Waals surface area contributed by atoms with Crippen molar-refractivity contribution in [1.29, 1.82) is 0 Å². The molecule has 8 heteroatoms. The van der Waals surface area contributed by atoms with E-state index >= 15 is 0 Å². The van der Waals surface area contributed by atoms with Gasteiger partial charge in [0.15, 0.2) is 5.13 Å². The first-order valence-corrected chi connectivity index (χ1v) is 11.3. The van der Waals surface area contributed by atoms with Gasteiger partial charge in [-0.25, -0.2) is 9.97 Å². The monoisotopic (exact) mass is 412 g/mol. The lowest BCUT2D eigenvalue weighted by Gasteiger charge is -2.19. The minimum atomic E-state index is -0.222. The summed E-state index contributed by atoms with van der Waals surface area (Å²) in [7, 11) is 0. The molecule has 4 aromatic rings. The number of nitrogens with zero attached hydrogens (tertiary/aromatic N) is 2. The van der Waals surface area contributed by atoms with Crippen LogP contribution < -0.4 is 11.1 Å². The molecule has 0 unspecified atom stereocenters. The van der Waals surface area contributed by atoms with Gasteiger partial charge < -0.3 is 5.73 Å². The zero-order valence-corrected chi connectivity index (χ0v) is 16.8. The first-order valence-electron chi connectivity index (χ1n) is 8.71. The van der Waals surface area contributed by atoms with Crippen LogP contribution in [0.3, 0.4) is 0 Å². The van der Waals surface area contributed by atoms with E-state index in [0.29, 0.717) is 15.7 Å². The van der Waals surface area contributed by atoms with Gasteiger partial charge in [0.2, 0.25) is 0 Å². The number of hydrogen-bond donors (Lipinski definition) is 2. The van der Waals surface area contributed by atoms with Gasteiger partial charge in [-0.15, -0.1) is 34.0 Å². The smallest absolute Gasteiger partial charge is 0.269 e. The lowest BCUT2D eigenvalue weighted by Crippen LogP contribution is -2.11. The fourth-order valence-electron chi connectivity index (χ4n) is 3.61. The number of nitrogens with one attached hydrogen (secondary N) is 1. The second-order valence-corrected chi connectivity index (χ2v) is 9.25. The number of pyridine rings is 1. The molecule has 3 N–H and O–H groups in total. The Hall–Kier alpha value is -2.29. The number of thiophene rings is 2. The number of aromatic nitrogens is 2. The molecule has 5 rings (SSSR count). The quantitative estimate of drug-likeness (QED) is 0.485. The average molecular weight is 413 g/mol. The molecule has 0 fully saturated rings. The van der Waals surface area contributed by atoms with Crippen LogP contribution in [0, 0.1) is 0 Å². The average Bonchev–Trinajstić information content (AvgIpc) is 3.42. The zero-order chi connectivity index (χ0) is 18.4. The van der Waals surface area contributed by atoms with Crippen LogP contribution in [0.2, 0.25) is 0 Å². The number of fused-ring (bicyclic) bond motifs is 2. The third kappa shape index (κ3) is 2.84. The summed E-state index contributed by atoms with van der Waals surface area (Å²) in [6.45, 7) is 0. The van der Waals surface area contributed by atoms with Gasteiger partial charge in [-0.2, -0.15) is 0 Å². The summed E-state index contributed by atoms with van der Waals surface area (Å²) in [5, 5.41) is 8.24. The Balaban J connectivity index is 1.71. The molecule has 1 aliphatic carbocycles. The third-order valence-corrected chi connectivity index (χ3v) is 7.45. The van der Waals surface area contributed by atoms with Crippen molar-refractivity contribution in [1.82, 2.24) is 9.97 Å². The number of thiazole rings is 1. The molecular formula is C19H16N4OS3. The highest BCUT2D eigenvalue weighted by atomic mass is 32.1. The van der Waals surface area contributed by atoms with E-state index in [9.17, 15) is 4.79 Å². The van der Waals surface area contributed by atoms with Crippen molar-refractivity contribution in [2.45, 2.75) is 25.7 Å². The molecule has 0 spiro atoms. The number of hydrogen-bond acceptors (Lipinski definition) is 7. The fraction of sp³-hybridized carbons (Fsp3) is 0.211. The van der Waals surface area contributed by atoms with Gasteiger partial charge >= 0.3 is 0 Å². The zero-order valence-electron chi connectivity index (χ0n) is 14.3. The summed E-state index contributed by atoms with van der Waals surface area (Å²) in [6, 6.07) is 4.18. The fourth-order valence-corrected chi connectivity index (χ4v) is 5.95. The molecule has 0 bridgehead atoms. The maximum Gasteiger partial charge on any atom is 0.269 e. The molecular weight excluding hydrogens is 396 g/mol. The Morgan fingerprint density at radius 3 is 2.85 bits per heavy atom. The Labute approximate surface area is 167 Å². The second-order valence-electron chi connectivity index (χ2n) is 6.41. The highest BCUT2D eigenvalue weighted by Gasteiger charge is 2.26. The van der Waals surface area contributed by atoms with E-state index in [2.05, 4.69) is 27.8 Å². The second kappa shape index (κ2) is 6.70. The molecule has 1 amide bonds. The number of anilines is 2. The summed E-state index contributed by atoms with van der Waals surface area (Å²) in [5.41, 5.74) is 10.7. The number of amides is 1. The third-order valence-electron chi connectivity index (χ3n) is 4.78. The molecule has 0 saturated carbocycles. The van der Waals surface area contributed by atoms with E-state index in [-0.39, 0.29) is 5.91 Å². The maximum absolute atomic E-state index is 12.8. The SMILES string of the molecule is Nc1c(C(=O)Nc2nccs2)sc2nc3c(c(-c4cccs4)c12)CCCC3. The van der Waals surface area contributed by atoms with Crippen molar-refractivity contribution in [3.05, 3.63) is 45.2 Å². The predicted molar refractivity (Wildman–Crippen MR) is 114 cm³/mol. The van der Waals surface area contributed by atoms with E-state index in [1.54, 1.807) is 17.5 Å². The molecule has 4 heterocycles. The van der Waals surface area contributed by atoms with Crippen LogP contribution in [0.15, 0.2) is 29.1 Å². The topological polar surface area (TPSA) is 80.9 Å². The standard InChI is InChI=1S/C19H16N4OS3/c20-15-14-13(12-6-3-8-25-12)10-4-1-2-5-11(10)22-18(14)27-16(15)17(24)23-19-21-7-9-26-19/h3,6-9H,1-2,4-5,20H2,(H,21,23,24). The molecule has 0 saturated heterocycles. The van der Waals surface area contributed by atoms with Crippen molar-refractivity contribution >= 4 is 61.0 Å². The minimum absolute atomic E-state index is 0.222. The first kappa shape index (κ1) is 16.9. The van der Waals surface area contributed by atoms with Gasteiger partial charge in [0.25, 0.3) is 5.91 Å². The molecule has 4 aromatic heterocycles. The Kier molecular flexibility index (Phi) is 4.18. The number of carbonyl (C=O) groups is 1. The van der Waals surface area contributed by atoms with Gasteiger partial charge in [0.1, 0.15) is 9.71 Å². The largest absolute Gasteiger partial charge is 0.397 e. The van der Waals surface area contributed by atoms with Crippen LogP contribution >= 0.6 is 34.0 Å². The van der Waals surface area contributed by atoms with Crippen LogP contribution in [0.4, 0.5) is 10.8 Å². The molecule has 0 atom stereocenters. The van der Waals surface area contributed by atoms with Gasteiger partial charge in [-0.3, -0.25) is 10.1 Å². The van der Waals surface area contributed by atoms with Gasteiger partial charge in [-0.05, 0) is 42.7 Å². The highest BCUT2D eigenvalue weighted by Crippen LogP contribution is 2.45. The van der Waals surface area contributed by atoms with Crippen LogP contribution in [0.1, 0.15) is 33.8 Å². The Morgan fingerprint density at radius 1 is 1.19 bits per heavy atom. The normalized spacial score (nSPS) is 13.6. The van der Waals surface area contributed by atoms with Gasteiger partial charge in [-0.1, -0.05) is 6.07 Å². The van der Waals surface area contributed by atoms with E-state index in [0.717, 1.165) is 35.2 Å². The van der Waals surface area contributed by atoms with E-state index in [1.807, 2.05) is 5.38 Å². The van der Waals surface area contributed by atoms with Gasteiger partial charge in [0.05, 0.1) is 5.69 Å². The Morgan fingerprint density at radius 2 is 2.07 bits per heavy atom. The first-order chi connectivity index (χ1) is 13.2. The lowest BCUT2D eigenvalue weighted by molar-refractivity contribution is 0.103. The highest BCUT2D eigenvalue weighted by molar-refractivity contribution is 7.21. The summed E-state index contributed by atoms with van der Waals surface area (Å²) >= 11 is 4.46. The number of carbonyl (C=O) groups excluding carboxylic acids is 1. The van der Waals surface area contributed by atoms with E-state index < -0.39 is 0 Å². The predicted octanol–water partition coefficient (Wildman–Crippen LogP) is 5.19. The molecule has 1 aliphatic rings.